The van der Waals surface area contributed by atoms with Crippen LogP contribution < -0.4 is 10.1 Å². The summed E-state index contributed by atoms with van der Waals surface area (Å²) >= 11 is 2.97. The van der Waals surface area contributed by atoms with Crippen LogP contribution in [0.15, 0.2) is 23.2 Å². The molecule has 1 aliphatic rings. The molecule has 1 aromatic heterocycles. The normalized spacial score (nSPS) is 18.6. The third kappa shape index (κ3) is 3.88. The number of aliphatic imine (C=N–C) groups is 1. The van der Waals surface area contributed by atoms with Crippen molar-refractivity contribution in [3.8, 4) is 5.75 Å². The number of hydrogen-bond acceptors (Lipinski definition) is 7. The first-order valence-corrected chi connectivity index (χ1v) is 9.51. The van der Waals surface area contributed by atoms with Crippen LogP contribution >= 0.6 is 23.1 Å². The molecule has 0 spiro atoms. The highest BCUT2D eigenvalue weighted by Crippen LogP contribution is 2.31. The molecule has 0 amide bonds. The number of thioether (sulfide) groups is 1. The number of thiazole rings is 1. The predicted molar refractivity (Wildman–Crippen MR) is 98.7 cm³/mol. The van der Waals surface area contributed by atoms with Gasteiger partial charge in [-0.2, -0.15) is 0 Å². The Bertz CT molecular complexity index is 775. The second-order valence-electron chi connectivity index (χ2n) is 5.57. The van der Waals surface area contributed by atoms with Gasteiger partial charge in [0.2, 0.25) is 0 Å². The van der Waals surface area contributed by atoms with Crippen LogP contribution in [0.1, 0.15) is 18.4 Å². The van der Waals surface area contributed by atoms with Crippen molar-refractivity contribution in [2.24, 2.45) is 4.99 Å². The summed E-state index contributed by atoms with van der Waals surface area (Å²) in [6.45, 7) is 2.77. The number of rotatable bonds is 7. The first kappa shape index (κ1) is 17.2. The van der Waals surface area contributed by atoms with Gasteiger partial charge in [-0.1, -0.05) is 0 Å². The van der Waals surface area contributed by atoms with Crippen LogP contribution in [0.3, 0.4) is 0 Å². The van der Waals surface area contributed by atoms with Crippen LogP contribution in [0.2, 0.25) is 0 Å². The third-order valence-electron chi connectivity index (χ3n) is 3.79. The van der Waals surface area contributed by atoms with E-state index in [9.17, 15) is 4.79 Å². The summed E-state index contributed by atoms with van der Waals surface area (Å²) in [5.41, 5.74) is 0.882. The molecule has 1 unspecified atom stereocenters. The SMILES string of the molecule is CNC(C)CCOc1ccc2nc(C3=N[C@@H](C(=O)O)CS3)sc2c1. The van der Waals surface area contributed by atoms with Gasteiger partial charge in [-0.3, -0.25) is 4.99 Å². The van der Waals surface area contributed by atoms with E-state index in [0.29, 0.717) is 23.4 Å². The molecule has 8 heteroatoms. The van der Waals surface area contributed by atoms with Gasteiger partial charge in [0.15, 0.2) is 6.04 Å². The molecule has 2 atom stereocenters. The summed E-state index contributed by atoms with van der Waals surface area (Å²) < 4.78 is 6.82. The zero-order chi connectivity index (χ0) is 17.1. The Labute approximate surface area is 148 Å². The van der Waals surface area contributed by atoms with Gasteiger partial charge in [-0.15, -0.1) is 23.1 Å². The maximum Gasteiger partial charge on any atom is 0.329 e. The maximum absolute atomic E-state index is 11.0. The van der Waals surface area contributed by atoms with E-state index in [-0.39, 0.29) is 0 Å². The quantitative estimate of drug-likeness (QED) is 0.785. The maximum atomic E-state index is 11.0. The Morgan fingerprint density at radius 2 is 2.38 bits per heavy atom. The molecule has 0 aliphatic carbocycles. The van der Waals surface area contributed by atoms with Crippen LogP contribution in [0.4, 0.5) is 0 Å². The van der Waals surface area contributed by atoms with Crippen LogP contribution in [0.5, 0.6) is 5.75 Å². The van der Waals surface area contributed by atoms with Crippen LogP contribution in [0, 0.1) is 0 Å². The molecule has 3 rings (SSSR count). The van der Waals surface area contributed by atoms with Crippen molar-refractivity contribution in [3.05, 3.63) is 23.2 Å². The fourth-order valence-electron chi connectivity index (χ4n) is 2.20. The molecule has 6 nitrogen and oxygen atoms in total. The molecule has 2 heterocycles. The Kier molecular flexibility index (Phi) is 5.37. The molecule has 1 aromatic carbocycles. The van der Waals surface area contributed by atoms with E-state index in [1.807, 2.05) is 25.2 Å². The summed E-state index contributed by atoms with van der Waals surface area (Å²) in [6, 6.07) is 5.59. The van der Waals surface area contributed by atoms with E-state index in [1.54, 1.807) is 0 Å². The highest BCUT2D eigenvalue weighted by molar-refractivity contribution is 8.15. The number of nitrogens with one attached hydrogen (secondary N) is 1. The molecule has 0 saturated carbocycles. The lowest BCUT2D eigenvalue weighted by Gasteiger charge is -2.10. The van der Waals surface area contributed by atoms with E-state index >= 15 is 0 Å². The minimum absolute atomic E-state index is 0.420. The summed E-state index contributed by atoms with van der Waals surface area (Å²) in [4.78, 5) is 19.8. The number of aliphatic carboxylic acids is 1. The third-order valence-corrected chi connectivity index (χ3v) is 6.00. The Balaban J connectivity index is 1.72. The average Bonchev–Trinajstić information content (AvgIpc) is 3.20. The zero-order valence-electron chi connectivity index (χ0n) is 13.5. The lowest BCUT2D eigenvalue weighted by Crippen LogP contribution is -2.23. The minimum Gasteiger partial charge on any atom is -0.493 e. The van der Waals surface area contributed by atoms with Gasteiger partial charge < -0.3 is 15.2 Å². The van der Waals surface area contributed by atoms with E-state index in [4.69, 9.17) is 9.84 Å². The van der Waals surface area contributed by atoms with Crippen molar-refractivity contribution < 1.29 is 14.6 Å². The second-order valence-corrected chi connectivity index (χ2v) is 7.61. The van der Waals surface area contributed by atoms with Gasteiger partial charge in [0.05, 0.1) is 16.8 Å². The van der Waals surface area contributed by atoms with Gasteiger partial charge in [-0.25, -0.2) is 9.78 Å². The molecule has 128 valence electrons. The largest absolute Gasteiger partial charge is 0.493 e. The van der Waals surface area contributed by atoms with E-state index in [1.165, 1.54) is 23.1 Å². The Hall–Kier alpha value is -1.64. The smallest absolute Gasteiger partial charge is 0.329 e. The first-order valence-electron chi connectivity index (χ1n) is 7.71. The van der Waals surface area contributed by atoms with Crippen molar-refractivity contribution >= 4 is 44.3 Å². The fourth-order valence-corrected chi connectivity index (χ4v) is 4.29. The summed E-state index contributed by atoms with van der Waals surface area (Å²) in [5.74, 6) is 0.411. The highest BCUT2D eigenvalue weighted by Gasteiger charge is 2.26. The molecule has 24 heavy (non-hydrogen) atoms. The van der Waals surface area contributed by atoms with Crippen molar-refractivity contribution in [2.45, 2.75) is 25.4 Å². The zero-order valence-corrected chi connectivity index (χ0v) is 15.1. The lowest BCUT2D eigenvalue weighted by atomic mass is 10.2. The van der Waals surface area contributed by atoms with Crippen molar-refractivity contribution in [1.82, 2.24) is 10.3 Å². The number of carboxylic acids is 1. The summed E-state index contributed by atoms with van der Waals surface area (Å²) in [6.07, 6.45) is 0.937. The van der Waals surface area contributed by atoms with Crippen LogP contribution in [-0.4, -0.2) is 52.6 Å². The molecule has 0 radical (unpaired) electrons. The van der Waals surface area contributed by atoms with E-state index < -0.39 is 12.0 Å². The number of benzene rings is 1. The molecule has 0 fully saturated rings. The number of carbonyl (C=O) groups is 1. The van der Waals surface area contributed by atoms with Crippen LogP contribution in [0.25, 0.3) is 10.2 Å². The van der Waals surface area contributed by atoms with Gasteiger partial charge in [0.1, 0.15) is 15.8 Å². The molecule has 0 saturated heterocycles. The molecular weight excluding hydrogens is 346 g/mol. The topological polar surface area (TPSA) is 83.8 Å². The highest BCUT2D eigenvalue weighted by atomic mass is 32.2. The molecule has 2 N–H and O–H groups in total. The summed E-state index contributed by atoms with van der Waals surface area (Å²) in [7, 11) is 1.94. The minimum atomic E-state index is -0.884. The van der Waals surface area contributed by atoms with E-state index in [2.05, 4.69) is 22.2 Å². The van der Waals surface area contributed by atoms with Gasteiger partial charge in [0, 0.05) is 11.8 Å². The van der Waals surface area contributed by atoms with Crippen molar-refractivity contribution in [2.75, 3.05) is 19.4 Å². The number of ether oxygens (including phenoxy) is 1. The number of carboxylic acid groups (broad SMARTS) is 1. The molecular formula is C16H19N3O3S2. The van der Waals surface area contributed by atoms with Gasteiger partial charge in [-0.05, 0) is 38.6 Å². The van der Waals surface area contributed by atoms with Crippen LogP contribution in [-0.2, 0) is 4.79 Å². The Morgan fingerprint density at radius 1 is 1.54 bits per heavy atom. The summed E-state index contributed by atoms with van der Waals surface area (Å²) in [5, 5.41) is 13.7. The number of hydrogen-bond donors (Lipinski definition) is 2. The van der Waals surface area contributed by atoms with Crippen molar-refractivity contribution in [1.29, 1.82) is 0 Å². The predicted octanol–water partition coefficient (Wildman–Crippen LogP) is 2.62. The van der Waals surface area contributed by atoms with E-state index in [0.717, 1.165) is 27.4 Å². The molecule has 2 aromatic rings. The van der Waals surface area contributed by atoms with Gasteiger partial charge >= 0.3 is 5.97 Å². The average molecular weight is 365 g/mol. The second kappa shape index (κ2) is 7.50. The standard InChI is InChI=1S/C16H19N3O3S2/c1-9(17-2)5-6-22-10-3-4-11-13(7-10)24-15(18-11)14-19-12(8-23-14)16(20)21/h3-4,7,9,12,17H,5-6,8H2,1-2H3,(H,20,21)/t9?,12-/m1/s1. The number of fused-ring (bicyclic) bond motifs is 1. The first-order chi connectivity index (χ1) is 11.6. The molecule has 1 aliphatic heterocycles. The van der Waals surface area contributed by atoms with Crippen molar-refractivity contribution in [3.63, 3.8) is 0 Å². The fraction of sp³-hybridized carbons (Fsp3) is 0.438. The number of aromatic nitrogens is 1. The van der Waals surface area contributed by atoms with Gasteiger partial charge in [0.25, 0.3) is 0 Å². The lowest BCUT2D eigenvalue weighted by molar-refractivity contribution is -0.137. The molecule has 0 bridgehead atoms. The Morgan fingerprint density at radius 3 is 3.08 bits per heavy atom. The monoisotopic (exact) mass is 365 g/mol. The number of nitrogens with zero attached hydrogens (tertiary/aromatic N) is 2.